The molecule has 0 atom stereocenters. The smallest absolute Gasteiger partial charge is 0.416 e. The van der Waals surface area contributed by atoms with Crippen molar-refractivity contribution in [2.24, 2.45) is 0 Å². The Morgan fingerprint density at radius 2 is 1.68 bits per heavy atom. The van der Waals surface area contributed by atoms with Gasteiger partial charge in [-0.15, -0.1) is 0 Å². The molecule has 0 saturated carbocycles. The molecular weight excluding hydrogens is 567 g/mol. The van der Waals surface area contributed by atoms with E-state index in [9.17, 15) is 18.4 Å². The van der Waals surface area contributed by atoms with Crippen LogP contribution < -0.4 is 9.46 Å². The van der Waals surface area contributed by atoms with E-state index in [4.69, 9.17) is 4.74 Å². The Kier molecular flexibility index (Phi) is 9.60. The van der Waals surface area contributed by atoms with Gasteiger partial charge in [-0.2, -0.15) is 22.8 Å². The Morgan fingerprint density at radius 1 is 0.902 bits per heavy atom. The highest BCUT2D eigenvalue weighted by Gasteiger charge is 2.30. The molecule has 2 aromatic heterocycles. The highest BCUT2D eigenvalue weighted by molar-refractivity contribution is 8.00. The summed E-state index contributed by atoms with van der Waals surface area (Å²) in [5, 5.41) is 10.4. The average molecular weight is 592 g/mol. The predicted molar refractivity (Wildman–Crippen MR) is 157 cm³/mol. The summed E-state index contributed by atoms with van der Waals surface area (Å²) in [7, 11) is 0. The minimum atomic E-state index is -4.45. The Labute approximate surface area is 244 Å². The molecule has 0 aliphatic rings. The van der Waals surface area contributed by atoms with Gasteiger partial charge in [-0.3, -0.25) is 4.98 Å². The van der Waals surface area contributed by atoms with Gasteiger partial charge in [-0.05, 0) is 90.2 Å². The summed E-state index contributed by atoms with van der Waals surface area (Å²) in [6.07, 6.45) is -1.34. The maximum atomic E-state index is 13.3. The number of hydrogen-bond donors (Lipinski definition) is 1. The van der Waals surface area contributed by atoms with Gasteiger partial charge in [0.15, 0.2) is 0 Å². The molecule has 0 amide bonds. The normalized spacial score (nSPS) is 10.8. The Balaban J connectivity index is 0.00000189. The van der Waals surface area contributed by atoms with Crippen molar-refractivity contribution < 1.29 is 17.9 Å². The van der Waals surface area contributed by atoms with Crippen LogP contribution in [-0.2, 0) is 6.18 Å². The van der Waals surface area contributed by atoms with E-state index in [-0.39, 0.29) is 0 Å². The van der Waals surface area contributed by atoms with E-state index in [1.807, 2.05) is 32.9 Å². The Bertz CT molecular complexity index is 1670. The van der Waals surface area contributed by atoms with Crippen molar-refractivity contribution in [2.45, 2.75) is 31.8 Å². The van der Waals surface area contributed by atoms with Crippen molar-refractivity contribution >= 4 is 28.6 Å². The second-order valence-corrected chi connectivity index (χ2v) is 9.96. The van der Waals surface area contributed by atoms with Crippen LogP contribution in [0.4, 0.5) is 18.3 Å². The van der Waals surface area contributed by atoms with Crippen LogP contribution in [0.1, 0.15) is 30.7 Å². The SMILES string of the molecule is CC.Cc1cc(-c2cc(-c3cccc(C(F)(F)F)c3)ccc2Oc2ccc(SNc3ncns3)cc2C#N)ccn1. The fourth-order valence-electron chi connectivity index (χ4n) is 3.80. The summed E-state index contributed by atoms with van der Waals surface area (Å²) in [4.78, 5) is 9.09. The van der Waals surface area contributed by atoms with Crippen LogP contribution in [0.2, 0.25) is 0 Å². The molecule has 0 bridgehead atoms. The fourth-order valence-corrected chi connectivity index (χ4v) is 4.93. The molecule has 0 radical (unpaired) electrons. The van der Waals surface area contributed by atoms with Crippen molar-refractivity contribution in [2.75, 3.05) is 4.72 Å². The lowest BCUT2D eigenvalue weighted by molar-refractivity contribution is -0.137. The summed E-state index contributed by atoms with van der Waals surface area (Å²) in [6, 6.07) is 21.4. The van der Waals surface area contributed by atoms with Crippen molar-refractivity contribution in [1.82, 2.24) is 14.3 Å². The van der Waals surface area contributed by atoms with Crippen LogP contribution in [0.25, 0.3) is 22.3 Å². The van der Waals surface area contributed by atoms with Gasteiger partial charge in [-0.25, -0.2) is 4.98 Å². The lowest BCUT2D eigenvalue weighted by Crippen LogP contribution is -2.04. The molecule has 0 spiro atoms. The van der Waals surface area contributed by atoms with Crippen molar-refractivity contribution in [1.29, 1.82) is 5.26 Å². The number of benzene rings is 3. The van der Waals surface area contributed by atoms with E-state index >= 15 is 0 Å². The molecule has 5 rings (SSSR count). The molecule has 208 valence electrons. The van der Waals surface area contributed by atoms with Gasteiger partial charge in [0.1, 0.15) is 23.9 Å². The number of pyridine rings is 1. The van der Waals surface area contributed by atoms with Crippen LogP contribution in [-0.4, -0.2) is 14.3 Å². The minimum absolute atomic E-state index is 0.317. The molecule has 2 heterocycles. The summed E-state index contributed by atoms with van der Waals surface area (Å²) in [6.45, 7) is 5.85. The lowest BCUT2D eigenvalue weighted by Gasteiger charge is -2.16. The first-order valence-electron chi connectivity index (χ1n) is 12.5. The van der Waals surface area contributed by atoms with E-state index in [2.05, 4.69) is 25.1 Å². The summed E-state index contributed by atoms with van der Waals surface area (Å²) in [5.74, 6) is 0.789. The first-order chi connectivity index (χ1) is 19.8. The third-order valence-corrected chi connectivity index (χ3v) is 7.11. The molecule has 11 heteroatoms. The maximum Gasteiger partial charge on any atom is 0.416 e. The van der Waals surface area contributed by atoms with E-state index in [1.165, 1.54) is 35.9 Å². The lowest BCUT2D eigenvalue weighted by atomic mass is 9.97. The van der Waals surface area contributed by atoms with E-state index in [1.54, 1.807) is 48.7 Å². The number of rotatable bonds is 7. The number of nitrogens with one attached hydrogen (secondary N) is 1. The van der Waals surface area contributed by atoms with Gasteiger partial charge in [0, 0.05) is 33.9 Å². The van der Waals surface area contributed by atoms with Crippen LogP contribution >= 0.6 is 23.5 Å². The number of halogens is 3. The number of anilines is 1. The van der Waals surface area contributed by atoms with Gasteiger partial charge < -0.3 is 9.46 Å². The third kappa shape index (κ3) is 7.42. The van der Waals surface area contributed by atoms with Crippen LogP contribution in [0, 0.1) is 18.3 Å². The zero-order valence-electron chi connectivity index (χ0n) is 22.2. The number of nitrogens with zero attached hydrogens (tertiary/aromatic N) is 4. The molecule has 0 saturated heterocycles. The molecule has 1 N–H and O–H groups in total. The summed E-state index contributed by atoms with van der Waals surface area (Å²) < 4.78 is 53.2. The topological polar surface area (TPSA) is 83.7 Å². The quantitative estimate of drug-likeness (QED) is 0.189. The second kappa shape index (κ2) is 13.3. The number of aromatic nitrogens is 3. The third-order valence-electron chi connectivity index (χ3n) is 5.62. The molecule has 0 fully saturated rings. The van der Waals surface area contributed by atoms with Crippen LogP contribution in [0.3, 0.4) is 0 Å². The molecule has 0 unspecified atom stereocenters. The van der Waals surface area contributed by atoms with Gasteiger partial charge in [0.25, 0.3) is 0 Å². The molecule has 0 aliphatic carbocycles. The number of hydrogen-bond acceptors (Lipinski definition) is 8. The zero-order chi connectivity index (χ0) is 29.4. The number of nitriles is 1. The monoisotopic (exact) mass is 591 g/mol. The standard InChI is InChI=1S/C28H18F3N5OS2.C2H6/c1-17-11-20(9-10-33-17)24-14-19(18-3-2-4-22(12-18)28(29,30)31)5-7-26(24)37-25-8-6-23(13-21(25)15-32)38-36-27-34-16-35-39-27;1-2/h2-14,16H,1H3,(H,34,35,36);1-2H3. The zero-order valence-corrected chi connectivity index (χ0v) is 23.9. The summed E-state index contributed by atoms with van der Waals surface area (Å²) >= 11 is 2.51. The van der Waals surface area contributed by atoms with E-state index in [0.717, 1.165) is 28.3 Å². The Morgan fingerprint density at radius 3 is 2.39 bits per heavy atom. The Hall–Kier alpha value is -4.40. The average Bonchev–Trinajstić information content (AvgIpc) is 3.51. The van der Waals surface area contributed by atoms with E-state index < -0.39 is 11.7 Å². The first kappa shape index (κ1) is 29.6. The summed E-state index contributed by atoms with van der Waals surface area (Å²) in [5.41, 5.74) is 2.80. The van der Waals surface area contributed by atoms with Gasteiger partial charge in [0.2, 0.25) is 5.13 Å². The van der Waals surface area contributed by atoms with Gasteiger partial charge in [-0.1, -0.05) is 32.0 Å². The van der Waals surface area contributed by atoms with Crippen molar-refractivity contribution in [3.05, 3.63) is 102 Å². The predicted octanol–water partition coefficient (Wildman–Crippen LogP) is 9.40. The van der Waals surface area contributed by atoms with Crippen molar-refractivity contribution in [3.8, 4) is 39.8 Å². The largest absolute Gasteiger partial charge is 0.455 e. The van der Waals surface area contributed by atoms with E-state index in [0.29, 0.717) is 38.9 Å². The van der Waals surface area contributed by atoms with Crippen molar-refractivity contribution in [3.63, 3.8) is 0 Å². The minimum Gasteiger partial charge on any atom is -0.455 e. The first-order valence-corrected chi connectivity index (χ1v) is 14.1. The van der Waals surface area contributed by atoms with Crippen LogP contribution in [0.15, 0.2) is 90.2 Å². The fraction of sp³-hybridized carbons (Fsp3) is 0.133. The highest BCUT2D eigenvalue weighted by atomic mass is 32.2. The van der Waals surface area contributed by atoms with Crippen LogP contribution in [0.5, 0.6) is 11.5 Å². The van der Waals surface area contributed by atoms with Gasteiger partial charge in [0.05, 0.1) is 11.1 Å². The molecule has 0 aliphatic heterocycles. The number of ether oxygens (including phenoxy) is 1. The molecule has 3 aromatic carbocycles. The molecule has 6 nitrogen and oxygen atoms in total. The molecule has 5 aromatic rings. The number of aryl methyl sites for hydroxylation is 1. The van der Waals surface area contributed by atoms with Gasteiger partial charge >= 0.3 is 6.18 Å². The molecule has 41 heavy (non-hydrogen) atoms. The highest BCUT2D eigenvalue weighted by Crippen LogP contribution is 2.39. The number of alkyl halides is 3. The second-order valence-electron chi connectivity index (χ2n) is 8.30. The maximum absolute atomic E-state index is 13.3. The molecular formula is C30H24F3N5OS2.